The van der Waals surface area contributed by atoms with E-state index in [0.717, 1.165) is 63.9 Å². The van der Waals surface area contributed by atoms with E-state index < -0.39 is 10.2 Å². The van der Waals surface area contributed by atoms with Gasteiger partial charge in [0.15, 0.2) is 0 Å². The molecule has 0 N–H and O–H groups in total. The molecular weight excluding hydrogens is 328 g/mol. The van der Waals surface area contributed by atoms with E-state index >= 15 is 0 Å². The lowest BCUT2D eigenvalue weighted by Gasteiger charge is -2.31. The van der Waals surface area contributed by atoms with Gasteiger partial charge in [-0.25, -0.2) is 0 Å². The minimum absolute atomic E-state index is 0.130. The van der Waals surface area contributed by atoms with Gasteiger partial charge in [-0.1, -0.05) is 18.5 Å². The normalized spacial score (nSPS) is 28.4. The van der Waals surface area contributed by atoms with Crippen molar-refractivity contribution in [2.24, 2.45) is 5.16 Å². The van der Waals surface area contributed by atoms with Crippen molar-refractivity contribution in [2.45, 2.75) is 51.6 Å². The minimum Gasteiger partial charge on any atom is -0.391 e. The monoisotopic (exact) mass is 358 g/mol. The van der Waals surface area contributed by atoms with Crippen molar-refractivity contribution in [3.05, 3.63) is 0 Å². The number of rotatable bonds is 5. The van der Waals surface area contributed by atoms with Crippen LogP contribution in [0.15, 0.2) is 5.16 Å². The Morgan fingerprint density at radius 1 is 1.00 bits per heavy atom. The molecule has 0 aromatic heterocycles. The summed E-state index contributed by atoms with van der Waals surface area (Å²) in [6, 6.07) is 0. The van der Waals surface area contributed by atoms with Gasteiger partial charge in [-0.05, 0) is 32.2 Å². The number of piperidine rings is 1. The van der Waals surface area contributed by atoms with Gasteiger partial charge in [0.05, 0.1) is 5.71 Å². The Morgan fingerprint density at radius 2 is 1.71 bits per heavy atom. The van der Waals surface area contributed by atoms with Crippen LogP contribution in [0.2, 0.25) is 0 Å². The molecule has 24 heavy (non-hydrogen) atoms. The van der Waals surface area contributed by atoms with E-state index in [4.69, 9.17) is 4.84 Å². The van der Waals surface area contributed by atoms with Crippen LogP contribution in [0.1, 0.15) is 45.4 Å². The van der Waals surface area contributed by atoms with Gasteiger partial charge in [-0.3, -0.25) is 4.90 Å². The second kappa shape index (κ2) is 8.12. The molecular formula is C16H30N4O3S. The van der Waals surface area contributed by atoms with E-state index in [9.17, 15) is 8.42 Å². The molecule has 2 saturated heterocycles. The zero-order chi connectivity index (χ0) is 17.0. The number of oxime groups is 1. The summed E-state index contributed by atoms with van der Waals surface area (Å²) in [4.78, 5) is 7.82. The van der Waals surface area contributed by atoms with E-state index in [-0.39, 0.29) is 6.10 Å². The molecule has 0 aromatic carbocycles. The Bertz CT molecular complexity index is 546. The van der Waals surface area contributed by atoms with Gasteiger partial charge < -0.3 is 4.84 Å². The molecule has 0 bridgehead atoms. The molecule has 1 atom stereocenters. The highest BCUT2D eigenvalue weighted by Gasteiger charge is 2.32. The average Bonchev–Trinajstić information content (AvgIpc) is 2.92. The zero-order valence-electron chi connectivity index (χ0n) is 14.7. The van der Waals surface area contributed by atoms with Crippen molar-refractivity contribution < 1.29 is 13.3 Å². The third-order valence-corrected chi connectivity index (χ3v) is 7.21. The first-order chi connectivity index (χ1) is 11.6. The van der Waals surface area contributed by atoms with E-state index in [1.54, 1.807) is 8.61 Å². The summed E-state index contributed by atoms with van der Waals surface area (Å²) in [5, 5.41) is 4.12. The summed E-state index contributed by atoms with van der Waals surface area (Å²) >= 11 is 0. The standard InChI is InChI=1S/C16H30N4O3S/c1-2-15-13-16(23-17-15)14-18-7-6-10-20(12-11-18)24(21,22)19-8-4-3-5-9-19/h16H,2-14H2,1H3. The number of hydrogen-bond donors (Lipinski definition) is 0. The third kappa shape index (κ3) is 4.28. The van der Waals surface area contributed by atoms with Gasteiger partial charge in [0.2, 0.25) is 0 Å². The minimum atomic E-state index is -3.29. The molecule has 7 nitrogen and oxygen atoms in total. The second-order valence-corrected chi connectivity index (χ2v) is 8.89. The fourth-order valence-corrected chi connectivity index (χ4v) is 5.42. The highest BCUT2D eigenvalue weighted by Crippen LogP contribution is 2.19. The van der Waals surface area contributed by atoms with E-state index in [2.05, 4.69) is 17.0 Å². The maximum Gasteiger partial charge on any atom is 0.282 e. The summed E-state index contributed by atoms with van der Waals surface area (Å²) in [7, 11) is -3.29. The van der Waals surface area contributed by atoms with Crippen LogP contribution in [0.3, 0.4) is 0 Å². The molecule has 3 rings (SSSR count). The van der Waals surface area contributed by atoms with Gasteiger partial charge in [-0.15, -0.1) is 0 Å². The van der Waals surface area contributed by atoms with Crippen LogP contribution < -0.4 is 0 Å². The SMILES string of the molecule is CCC1=NOC(CN2CCCN(S(=O)(=O)N3CCCCC3)CC2)C1. The smallest absolute Gasteiger partial charge is 0.282 e. The van der Waals surface area contributed by atoms with Crippen molar-refractivity contribution >= 4 is 15.9 Å². The summed E-state index contributed by atoms with van der Waals surface area (Å²) in [5.41, 5.74) is 1.13. The third-order valence-electron chi connectivity index (χ3n) is 5.18. The molecule has 1 unspecified atom stereocenters. The van der Waals surface area contributed by atoms with Gasteiger partial charge in [0.25, 0.3) is 10.2 Å². The second-order valence-electron chi connectivity index (χ2n) is 6.96. The molecule has 0 aromatic rings. The van der Waals surface area contributed by atoms with E-state index in [1.165, 1.54) is 0 Å². The van der Waals surface area contributed by atoms with Crippen LogP contribution in [0.5, 0.6) is 0 Å². The van der Waals surface area contributed by atoms with Gasteiger partial charge in [0, 0.05) is 45.7 Å². The van der Waals surface area contributed by atoms with E-state index in [0.29, 0.717) is 26.2 Å². The fourth-order valence-electron chi connectivity index (χ4n) is 3.70. The van der Waals surface area contributed by atoms with Crippen molar-refractivity contribution in [1.82, 2.24) is 13.5 Å². The largest absolute Gasteiger partial charge is 0.391 e. The first-order valence-electron chi connectivity index (χ1n) is 9.28. The molecule has 138 valence electrons. The van der Waals surface area contributed by atoms with Crippen molar-refractivity contribution in [1.29, 1.82) is 0 Å². The van der Waals surface area contributed by atoms with Gasteiger partial charge in [-0.2, -0.15) is 17.0 Å². The summed E-state index contributed by atoms with van der Waals surface area (Å²) in [5.74, 6) is 0. The Kier molecular flexibility index (Phi) is 6.12. The number of hydrogen-bond acceptors (Lipinski definition) is 5. The summed E-state index contributed by atoms with van der Waals surface area (Å²) in [6.45, 7) is 7.18. The fraction of sp³-hybridized carbons (Fsp3) is 0.938. The molecule has 3 heterocycles. The predicted octanol–water partition coefficient (Wildman–Crippen LogP) is 1.28. The first-order valence-corrected chi connectivity index (χ1v) is 10.7. The molecule has 3 aliphatic rings. The first kappa shape index (κ1) is 18.1. The zero-order valence-corrected chi connectivity index (χ0v) is 15.5. The molecule has 0 radical (unpaired) electrons. The van der Waals surface area contributed by atoms with Crippen LogP contribution in [0.4, 0.5) is 0 Å². The molecule has 3 aliphatic heterocycles. The van der Waals surface area contributed by atoms with Crippen LogP contribution in [-0.2, 0) is 15.0 Å². The maximum absolute atomic E-state index is 12.8. The van der Waals surface area contributed by atoms with Crippen LogP contribution in [-0.4, -0.2) is 79.6 Å². The number of nitrogens with zero attached hydrogens (tertiary/aromatic N) is 4. The lowest BCUT2D eigenvalue weighted by molar-refractivity contribution is 0.0540. The predicted molar refractivity (Wildman–Crippen MR) is 94.2 cm³/mol. The van der Waals surface area contributed by atoms with Crippen LogP contribution in [0.25, 0.3) is 0 Å². The molecule has 0 amide bonds. The topological polar surface area (TPSA) is 65.5 Å². The maximum atomic E-state index is 12.8. The molecule has 2 fully saturated rings. The summed E-state index contributed by atoms with van der Waals surface area (Å²) in [6.07, 6.45) is 5.96. The van der Waals surface area contributed by atoms with Crippen molar-refractivity contribution in [3.8, 4) is 0 Å². The molecule has 0 aliphatic carbocycles. The van der Waals surface area contributed by atoms with Gasteiger partial charge >= 0.3 is 0 Å². The Morgan fingerprint density at radius 3 is 2.42 bits per heavy atom. The van der Waals surface area contributed by atoms with Crippen LogP contribution in [0, 0.1) is 0 Å². The highest BCUT2D eigenvalue weighted by molar-refractivity contribution is 7.86. The Balaban J connectivity index is 1.51. The quantitative estimate of drug-likeness (QED) is 0.743. The molecule has 0 spiro atoms. The average molecular weight is 359 g/mol. The lowest BCUT2D eigenvalue weighted by atomic mass is 10.1. The Hall–Kier alpha value is -0.700. The summed E-state index contributed by atoms with van der Waals surface area (Å²) < 4.78 is 29.0. The Labute approximate surface area is 145 Å². The molecule has 8 heteroatoms. The molecule has 0 saturated carbocycles. The lowest BCUT2D eigenvalue weighted by Crippen LogP contribution is -2.47. The van der Waals surface area contributed by atoms with Crippen LogP contribution >= 0.6 is 0 Å². The highest BCUT2D eigenvalue weighted by atomic mass is 32.2. The van der Waals surface area contributed by atoms with Gasteiger partial charge in [0.1, 0.15) is 6.10 Å². The van der Waals surface area contributed by atoms with E-state index in [1.807, 2.05) is 0 Å². The van der Waals surface area contributed by atoms with Crippen molar-refractivity contribution in [2.75, 3.05) is 45.8 Å². The van der Waals surface area contributed by atoms with Crippen molar-refractivity contribution in [3.63, 3.8) is 0 Å².